The van der Waals surface area contributed by atoms with E-state index < -0.39 is 0 Å². The van der Waals surface area contributed by atoms with Crippen molar-refractivity contribution in [2.24, 2.45) is 5.84 Å². The third-order valence-corrected chi connectivity index (χ3v) is 3.39. The molecule has 0 aromatic heterocycles. The van der Waals surface area contributed by atoms with Gasteiger partial charge in [-0.15, -0.1) is 0 Å². The molecular weight excluding hydrogens is 204 g/mol. The number of nitrogens with one attached hydrogen (secondary N) is 1. The molecule has 1 heterocycles. The zero-order chi connectivity index (χ0) is 12.0. The summed E-state index contributed by atoms with van der Waals surface area (Å²) in [6.45, 7) is 3.33. The zero-order valence-electron chi connectivity index (χ0n) is 10.4. The Bertz CT molecular complexity index is 214. The number of hydrogen-bond donors (Lipinski definition) is 2. The van der Waals surface area contributed by atoms with Crippen molar-refractivity contribution < 1.29 is 4.79 Å². The van der Waals surface area contributed by atoms with Gasteiger partial charge in [0.05, 0.1) is 0 Å². The van der Waals surface area contributed by atoms with Crippen molar-refractivity contribution in [3.8, 4) is 0 Å². The van der Waals surface area contributed by atoms with Gasteiger partial charge in [-0.05, 0) is 53.0 Å². The van der Waals surface area contributed by atoms with Crippen LogP contribution in [-0.4, -0.2) is 55.5 Å². The van der Waals surface area contributed by atoms with Crippen LogP contribution in [-0.2, 0) is 4.79 Å². The number of nitrogens with two attached hydrogens (primary N) is 1. The molecule has 1 aliphatic rings. The lowest BCUT2D eigenvalue weighted by Gasteiger charge is -2.35. The van der Waals surface area contributed by atoms with E-state index in [4.69, 9.17) is 5.84 Å². The standard InChI is InChI=1S/C11H24N4O/c1-14-8-5-10(6-9-14)15(2)7-3-4-11(16)13-12/h10H,3-9,12H2,1-2H3,(H,13,16). The lowest BCUT2D eigenvalue weighted by Crippen LogP contribution is -2.42. The number of carbonyl (C=O) groups is 1. The van der Waals surface area contributed by atoms with Crippen molar-refractivity contribution in [2.45, 2.75) is 31.7 Å². The van der Waals surface area contributed by atoms with Crippen LogP contribution in [0.2, 0.25) is 0 Å². The molecule has 1 amide bonds. The van der Waals surface area contributed by atoms with Crippen LogP contribution >= 0.6 is 0 Å². The Kier molecular flexibility index (Phi) is 5.73. The van der Waals surface area contributed by atoms with Crippen LogP contribution in [0.4, 0.5) is 0 Å². The molecule has 1 saturated heterocycles. The SMILES string of the molecule is CN1CCC(N(C)CCCC(=O)NN)CC1. The second-order valence-electron chi connectivity index (χ2n) is 4.69. The summed E-state index contributed by atoms with van der Waals surface area (Å²) < 4.78 is 0. The minimum atomic E-state index is -0.0724. The van der Waals surface area contributed by atoms with E-state index in [1.165, 1.54) is 25.9 Å². The van der Waals surface area contributed by atoms with Crippen molar-refractivity contribution in [1.82, 2.24) is 15.2 Å². The zero-order valence-corrected chi connectivity index (χ0v) is 10.4. The van der Waals surface area contributed by atoms with Gasteiger partial charge in [-0.1, -0.05) is 0 Å². The molecule has 0 aromatic carbocycles. The summed E-state index contributed by atoms with van der Waals surface area (Å²) in [5, 5.41) is 0. The third kappa shape index (κ3) is 4.47. The fraction of sp³-hybridized carbons (Fsp3) is 0.909. The predicted octanol–water partition coefficient (Wildman–Crippen LogP) is -0.217. The van der Waals surface area contributed by atoms with Crippen LogP contribution < -0.4 is 11.3 Å². The second kappa shape index (κ2) is 6.83. The number of piperidine rings is 1. The van der Waals surface area contributed by atoms with Gasteiger partial charge in [-0.3, -0.25) is 10.2 Å². The second-order valence-corrected chi connectivity index (χ2v) is 4.69. The highest BCUT2D eigenvalue weighted by Crippen LogP contribution is 2.14. The minimum Gasteiger partial charge on any atom is -0.306 e. The van der Waals surface area contributed by atoms with Crippen molar-refractivity contribution in [2.75, 3.05) is 33.7 Å². The van der Waals surface area contributed by atoms with Gasteiger partial charge < -0.3 is 9.80 Å². The molecule has 1 aliphatic heterocycles. The topological polar surface area (TPSA) is 61.6 Å². The molecule has 3 N–H and O–H groups in total. The lowest BCUT2D eigenvalue weighted by molar-refractivity contribution is -0.121. The van der Waals surface area contributed by atoms with Crippen LogP contribution in [0.1, 0.15) is 25.7 Å². The summed E-state index contributed by atoms with van der Waals surface area (Å²) in [4.78, 5) is 15.7. The molecule has 0 spiro atoms. The average Bonchev–Trinajstić information content (AvgIpc) is 2.29. The molecule has 0 bridgehead atoms. The molecule has 1 rings (SSSR count). The number of hydrogen-bond acceptors (Lipinski definition) is 4. The van der Waals surface area contributed by atoms with Crippen LogP contribution in [0.3, 0.4) is 0 Å². The van der Waals surface area contributed by atoms with E-state index in [1.807, 2.05) is 0 Å². The average molecular weight is 228 g/mol. The van der Waals surface area contributed by atoms with Gasteiger partial charge in [-0.2, -0.15) is 0 Å². The monoisotopic (exact) mass is 228 g/mol. The number of likely N-dealkylation sites (tertiary alicyclic amines) is 1. The van der Waals surface area contributed by atoms with Gasteiger partial charge in [0, 0.05) is 12.5 Å². The normalized spacial score (nSPS) is 19.0. The first-order chi connectivity index (χ1) is 7.63. The Morgan fingerprint density at radius 2 is 2.12 bits per heavy atom. The number of nitrogens with zero attached hydrogens (tertiary/aromatic N) is 2. The molecule has 94 valence electrons. The summed E-state index contributed by atoms with van der Waals surface area (Å²) in [5.74, 6) is 4.96. The largest absolute Gasteiger partial charge is 0.306 e. The predicted molar refractivity (Wildman–Crippen MR) is 64.7 cm³/mol. The van der Waals surface area contributed by atoms with Gasteiger partial charge in [0.15, 0.2) is 0 Å². The minimum absolute atomic E-state index is 0.0724. The Hall–Kier alpha value is -0.650. The third-order valence-electron chi connectivity index (χ3n) is 3.39. The van der Waals surface area contributed by atoms with Crippen LogP contribution in [0.15, 0.2) is 0 Å². The summed E-state index contributed by atoms with van der Waals surface area (Å²) >= 11 is 0. The fourth-order valence-electron chi connectivity index (χ4n) is 2.18. The molecule has 5 heteroatoms. The van der Waals surface area contributed by atoms with E-state index in [1.54, 1.807) is 0 Å². The molecule has 1 fully saturated rings. The molecule has 0 saturated carbocycles. The summed E-state index contributed by atoms with van der Waals surface area (Å²) in [6, 6.07) is 0.678. The maximum Gasteiger partial charge on any atom is 0.233 e. The number of carbonyl (C=O) groups excluding carboxylic acids is 1. The Balaban J connectivity index is 2.14. The molecule has 16 heavy (non-hydrogen) atoms. The van der Waals surface area contributed by atoms with E-state index in [0.29, 0.717) is 12.5 Å². The molecular formula is C11H24N4O. The Morgan fingerprint density at radius 1 is 1.50 bits per heavy atom. The Morgan fingerprint density at radius 3 is 2.69 bits per heavy atom. The van der Waals surface area contributed by atoms with E-state index in [9.17, 15) is 4.79 Å². The van der Waals surface area contributed by atoms with Crippen molar-refractivity contribution >= 4 is 5.91 Å². The lowest BCUT2D eigenvalue weighted by atomic mass is 10.0. The maximum atomic E-state index is 11.0. The summed E-state index contributed by atoms with van der Waals surface area (Å²) in [5.41, 5.74) is 2.16. The van der Waals surface area contributed by atoms with E-state index in [-0.39, 0.29) is 5.91 Å². The molecule has 0 radical (unpaired) electrons. The first-order valence-electron chi connectivity index (χ1n) is 6.01. The first-order valence-corrected chi connectivity index (χ1v) is 6.01. The summed E-state index contributed by atoms with van der Waals surface area (Å²) in [6.07, 6.45) is 3.87. The van der Waals surface area contributed by atoms with E-state index in [0.717, 1.165) is 13.0 Å². The smallest absolute Gasteiger partial charge is 0.233 e. The number of amides is 1. The van der Waals surface area contributed by atoms with Crippen molar-refractivity contribution in [3.05, 3.63) is 0 Å². The number of rotatable bonds is 5. The molecule has 0 atom stereocenters. The summed E-state index contributed by atoms with van der Waals surface area (Å²) in [7, 11) is 4.32. The van der Waals surface area contributed by atoms with Gasteiger partial charge in [-0.25, -0.2) is 5.84 Å². The van der Waals surface area contributed by atoms with E-state index >= 15 is 0 Å². The van der Waals surface area contributed by atoms with Crippen LogP contribution in [0.5, 0.6) is 0 Å². The van der Waals surface area contributed by atoms with E-state index in [2.05, 4.69) is 29.3 Å². The maximum absolute atomic E-state index is 11.0. The first kappa shape index (κ1) is 13.4. The fourth-order valence-corrected chi connectivity index (χ4v) is 2.18. The van der Waals surface area contributed by atoms with Gasteiger partial charge >= 0.3 is 0 Å². The van der Waals surface area contributed by atoms with Crippen LogP contribution in [0, 0.1) is 0 Å². The molecule has 5 nitrogen and oxygen atoms in total. The highest BCUT2D eigenvalue weighted by molar-refractivity contribution is 5.75. The van der Waals surface area contributed by atoms with Gasteiger partial charge in [0.2, 0.25) is 5.91 Å². The quantitative estimate of drug-likeness (QED) is 0.388. The molecule has 0 aromatic rings. The molecule has 0 aliphatic carbocycles. The highest BCUT2D eigenvalue weighted by atomic mass is 16.2. The number of hydrazine groups is 1. The Labute approximate surface area is 97.9 Å². The molecule has 0 unspecified atom stereocenters. The van der Waals surface area contributed by atoms with Crippen molar-refractivity contribution in [1.29, 1.82) is 0 Å². The highest BCUT2D eigenvalue weighted by Gasteiger charge is 2.19. The van der Waals surface area contributed by atoms with Crippen LogP contribution in [0.25, 0.3) is 0 Å². The van der Waals surface area contributed by atoms with Gasteiger partial charge in [0.25, 0.3) is 0 Å². The van der Waals surface area contributed by atoms with Gasteiger partial charge in [0.1, 0.15) is 0 Å². The van der Waals surface area contributed by atoms with Crippen molar-refractivity contribution in [3.63, 3.8) is 0 Å².